The number of carbonyl (C=O) groups is 1. The first-order valence-electron chi connectivity index (χ1n) is 7.06. The third-order valence-corrected chi connectivity index (χ3v) is 4.49. The van der Waals surface area contributed by atoms with Crippen LogP contribution in [-0.4, -0.2) is 41.7 Å². The molecule has 4 N–H and O–H groups in total. The number of aliphatic hydroxyl groups is 1. The van der Waals surface area contributed by atoms with Crippen LogP contribution in [0.1, 0.15) is 18.5 Å². The summed E-state index contributed by atoms with van der Waals surface area (Å²) in [5, 5.41) is 13.0. The molecular weight excluding hydrogens is 286 g/mol. The molecule has 1 aliphatic rings. The zero-order chi connectivity index (χ0) is 15.3. The maximum Gasteiger partial charge on any atom is 0.226 e. The molecule has 3 unspecified atom stereocenters. The van der Waals surface area contributed by atoms with E-state index >= 15 is 0 Å². The van der Waals surface area contributed by atoms with Gasteiger partial charge in [-0.05, 0) is 18.7 Å². The van der Waals surface area contributed by atoms with Crippen LogP contribution in [0, 0.1) is 5.92 Å². The topological polar surface area (TPSA) is 73.4 Å². The van der Waals surface area contributed by atoms with E-state index in [1.54, 1.807) is 18.7 Å². The van der Waals surface area contributed by atoms with Crippen molar-refractivity contribution in [2.45, 2.75) is 18.6 Å². The second kappa shape index (κ2) is 7.26. The van der Waals surface area contributed by atoms with Crippen molar-refractivity contribution in [2.24, 2.45) is 5.92 Å². The fraction of sp³-hybridized carbons (Fsp3) is 0.533. The van der Waals surface area contributed by atoms with Gasteiger partial charge in [-0.1, -0.05) is 30.3 Å². The second-order valence-corrected chi connectivity index (χ2v) is 6.53. The highest BCUT2D eigenvalue weighted by Gasteiger charge is 2.34. The van der Waals surface area contributed by atoms with Gasteiger partial charge in [0.25, 0.3) is 0 Å². The molecule has 0 aromatic heterocycles. The van der Waals surface area contributed by atoms with Crippen molar-refractivity contribution in [3.05, 3.63) is 35.9 Å². The normalized spacial score (nSPS) is 24.5. The zero-order valence-corrected chi connectivity index (χ0v) is 13.2. The first-order chi connectivity index (χ1) is 10.0. The molecule has 1 aromatic rings. The molecular formula is C15H23N3O2S. The van der Waals surface area contributed by atoms with Gasteiger partial charge in [-0.15, -0.1) is 0 Å². The van der Waals surface area contributed by atoms with Gasteiger partial charge in [-0.3, -0.25) is 10.2 Å². The fourth-order valence-electron chi connectivity index (χ4n) is 2.49. The Kier molecular flexibility index (Phi) is 5.64. The monoisotopic (exact) mass is 309 g/mol. The summed E-state index contributed by atoms with van der Waals surface area (Å²) >= 11 is 1.56. The summed E-state index contributed by atoms with van der Waals surface area (Å²) in [4.78, 5) is 12.4. The minimum atomic E-state index is -0.878. The van der Waals surface area contributed by atoms with E-state index in [1.165, 1.54) is 0 Å². The predicted molar refractivity (Wildman–Crippen MR) is 85.8 cm³/mol. The van der Waals surface area contributed by atoms with Crippen LogP contribution in [0.5, 0.6) is 0 Å². The summed E-state index contributed by atoms with van der Waals surface area (Å²) < 4.78 is 0. The van der Waals surface area contributed by atoms with E-state index in [-0.39, 0.29) is 24.4 Å². The Hall–Kier alpha value is -1.08. The van der Waals surface area contributed by atoms with Crippen LogP contribution >= 0.6 is 11.8 Å². The van der Waals surface area contributed by atoms with Crippen molar-refractivity contribution in [3.63, 3.8) is 0 Å². The van der Waals surface area contributed by atoms with Crippen molar-refractivity contribution in [3.8, 4) is 0 Å². The molecule has 1 saturated heterocycles. The number of thioether (sulfide) groups is 1. The van der Waals surface area contributed by atoms with Crippen molar-refractivity contribution in [1.82, 2.24) is 16.2 Å². The summed E-state index contributed by atoms with van der Waals surface area (Å²) in [6.07, 6.45) is 1.94. The van der Waals surface area contributed by atoms with E-state index in [1.807, 2.05) is 36.6 Å². The molecule has 21 heavy (non-hydrogen) atoms. The number of carbonyl (C=O) groups excluding carboxylic acids is 1. The summed E-state index contributed by atoms with van der Waals surface area (Å²) in [5.74, 6) is 0.372. The Morgan fingerprint density at radius 3 is 2.86 bits per heavy atom. The number of hydrogen-bond acceptors (Lipinski definition) is 5. The molecule has 5 nitrogen and oxygen atoms in total. The average molecular weight is 309 g/mol. The first-order valence-corrected chi connectivity index (χ1v) is 8.45. The van der Waals surface area contributed by atoms with E-state index < -0.39 is 5.60 Å². The highest BCUT2D eigenvalue weighted by atomic mass is 32.2. The van der Waals surface area contributed by atoms with Gasteiger partial charge in [0.15, 0.2) is 0 Å². The van der Waals surface area contributed by atoms with E-state index in [0.717, 1.165) is 5.56 Å². The summed E-state index contributed by atoms with van der Waals surface area (Å²) in [7, 11) is 0. The van der Waals surface area contributed by atoms with Gasteiger partial charge in [0.2, 0.25) is 5.91 Å². The zero-order valence-electron chi connectivity index (χ0n) is 12.4. The SMILES string of the molecule is CSCC(C)(O)CNC(=O)C1CNNC1c1ccccc1. The number of benzene rings is 1. The molecule has 1 aliphatic heterocycles. The molecule has 1 aromatic carbocycles. The minimum absolute atomic E-state index is 0.0391. The maximum atomic E-state index is 12.4. The second-order valence-electron chi connectivity index (χ2n) is 5.67. The molecule has 1 heterocycles. The van der Waals surface area contributed by atoms with Crippen LogP contribution in [0.4, 0.5) is 0 Å². The van der Waals surface area contributed by atoms with Crippen molar-refractivity contribution in [2.75, 3.05) is 25.1 Å². The van der Waals surface area contributed by atoms with Crippen LogP contribution in [0.25, 0.3) is 0 Å². The van der Waals surface area contributed by atoms with Gasteiger partial charge in [-0.25, -0.2) is 5.43 Å². The van der Waals surface area contributed by atoms with Crippen LogP contribution in [0.2, 0.25) is 0 Å². The van der Waals surface area contributed by atoms with Gasteiger partial charge in [0.05, 0.1) is 17.6 Å². The molecule has 0 aliphatic carbocycles. The van der Waals surface area contributed by atoms with Crippen LogP contribution in [-0.2, 0) is 4.79 Å². The Morgan fingerprint density at radius 2 is 2.19 bits per heavy atom. The molecule has 1 fully saturated rings. The summed E-state index contributed by atoms with van der Waals surface area (Å²) in [5.41, 5.74) is 6.40. The van der Waals surface area contributed by atoms with E-state index in [9.17, 15) is 9.90 Å². The number of hydrazine groups is 1. The maximum absolute atomic E-state index is 12.4. The van der Waals surface area contributed by atoms with Crippen molar-refractivity contribution < 1.29 is 9.90 Å². The fourth-order valence-corrected chi connectivity index (χ4v) is 3.21. The lowest BCUT2D eigenvalue weighted by atomic mass is 9.94. The smallest absolute Gasteiger partial charge is 0.226 e. The standard InChI is InChI=1S/C15H23N3O2S/c1-15(20,10-21-2)9-16-14(19)12-8-17-18-13(12)11-6-4-3-5-7-11/h3-7,12-13,17-18,20H,8-10H2,1-2H3,(H,16,19). The lowest BCUT2D eigenvalue weighted by Gasteiger charge is -2.24. The molecule has 0 spiro atoms. The minimum Gasteiger partial charge on any atom is -0.387 e. The average Bonchev–Trinajstić information content (AvgIpc) is 2.95. The van der Waals surface area contributed by atoms with Crippen LogP contribution in [0.15, 0.2) is 30.3 Å². The Morgan fingerprint density at radius 1 is 1.48 bits per heavy atom. The summed E-state index contributed by atoms with van der Waals surface area (Å²) in [6.45, 7) is 2.59. The van der Waals surface area contributed by atoms with E-state index in [0.29, 0.717) is 12.3 Å². The van der Waals surface area contributed by atoms with Crippen LogP contribution in [0.3, 0.4) is 0 Å². The van der Waals surface area contributed by atoms with Gasteiger partial charge in [-0.2, -0.15) is 11.8 Å². The third-order valence-electron chi connectivity index (χ3n) is 3.58. The summed E-state index contributed by atoms with van der Waals surface area (Å²) in [6, 6.07) is 9.86. The highest BCUT2D eigenvalue weighted by Crippen LogP contribution is 2.24. The van der Waals surface area contributed by atoms with Gasteiger partial charge in [0.1, 0.15) is 0 Å². The Balaban J connectivity index is 1.95. The number of amides is 1. The molecule has 2 rings (SSSR count). The van der Waals surface area contributed by atoms with Crippen molar-refractivity contribution in [1.29, 1.82) is 0 Å². The molecule has 1 amide bonds. The Bertz CT molecular complexity index is 467. The molecule has 0 radical (unpaired) electrons. The number of hydrogen-bond donors (Lipinski definition) is 4. The quantitative estimate of drug-likeness (QED) is 0.622. The Labute approximate surface area is 129 Å². The van der Waals surface area contributed by atoms with Gasteiger partial charge < -0.3 is 10.4 Å². The van der Waals surface area contributed by atoms with Gasteiger partial charge in [0, 0.05) is 18.8 Å². The molecule has 0 bridgehead atoms. The number of rotatable bonds is 6. The largest absolute Gasteiger partial charge is 0.387 e. The molecule has 6 heteroatoms. The van der Waals surface area contributed by atoms with Crippen LogP contribution < -0.4 is 16.2 Å². The predicted octanol–water partition coefficient (Wildman–Crippen LogP) is 0.682. The van der Waals surface area contributed by atoms with Crippen molar-refractivity contribution >= 4 is 17.7 Å². The molecule has 116 valence electrons. The third kappa shape index (κ3) is 4.44. The highest BCUT2D eigenvalue weighted by molar-refractivity contribution is 7.98. The molecule has 3 atom stereocenters. The van der Waals surface area contributed by atoms with E-state index in [4.69, 9.17) is 0 Å². The lowest BCUT2D eigenvalue weighted by Crippen LogP contribution is -2.45. The van der Waals surface area contributed by atoms with Gasteiger partial charge >= 0.3 is 0 Å². The first kappa shape index (κ1) is 16.3. The molecule has 0 saturated carbocycles. The number of nitrogens with one attached hydrogen (secondary N) is 3. The lowest BCUT2D eigenvalue weighted by molar-refractivity contribution is -0.125. The van der Waals surface area contributed by atoms with E-state index in [2.05, 4.69) is 16.2 Å².